The quantitative estimate of drug-likeness (QED) is 0.146. The molecule has 0 aliphatic carbocycles. The SMILES string of the molecule is CCCCCCCCCCCCCCC(=O)CC(Cl)(c1ccccc1)S(=O)(=O)c1ccc(C)cc1. The maximum atomic E-state index is 13.6. The van der Waals surface area contributed by atoms with E-state index < -0.39 is 14.0 Å². The van der Waals surface area contributed by atoms with Gasteiger partial charge in [0.05, 0.1) is 4.90 Å². The molecule has 0 aliphatic rings. The Balaban J connectivity index is 1.85. The van der Waals surface area contributed by atoms with Crippen molar-refractivity contribution in [1.82, 2.24) is 0 Å². The lowest BCUT2D eigenvalue weighted by Gasteiger charge is -2.27. The van der Waals surface area contributed by atoms with E-state index in [1.807, 2.05) is 13.0 Å². The van der Waals surface area contributed by atoms with E-state index in [-0.39, 0.29) is 17.1 Å². The standard InChI is InChI=1S/C30H43ClO3S/c1-3-4-5-6-7-8-9-10-11-12-13-17-20-28(32)25-30(31,27-18-15-14-16-19-27)35(33,34)29-23-21-26(2)22-24-29/h14-16,18-19,21-24H,3-13,17,20,25H2,1-2H3. The van der Waals surface area contributed by atoms with Gasteiger partial charge in [0.15, 0.2) is 4.21 Å². The van der Waals surface area contributed by atoms with Crippen molar-refractivity contribution >= 4 is 27.2 Å². The molecule has 2 aromatic rings. The average Bonchev–Trinajstić information content (AvgIpc) is 2.85. The number of sulfone groups is 1. The van der Waals surface area contributed by atoms with Gasteiger partial charge in [-0.2, -0.15) is 0 Å². The molecule has 0 fully saturated rings. The van der Waals surface area contributed by atoms with Crippen molar-refractivity contribution in [3.05, 3.63) is 65.7 Å². The first-order valence-corrected chi connectivity index (χ1v) is 15.2. The Hall–Kier alpha value is -1.65. The van der Waals surface area contributed by atoms with Gasteiger partial charge in [0, 0.05) is 12.8 Å². The molecule has 0 heterocycles. The third-order valence-corrected chi connectivity index (χ3v) is 9.78. The van der Waals surface area contributed by atoms with E-state index in [1.54, 1.807) is 48.5 Å². The van der Waals surface area contributed by atoms with Crippen LogP contribution in [0.4, 0.5) is 0 Å². The van der Waals surface area contributed by atoms with E-state index >= 15 is 0 Å². The Morgan fingerprint density at radius 3 is 1.74 bits per heavy atom. The lowest BCUT2D eigenvalue weighted by Crippen LogP contribution is -2.33. The fourth-order valence-corrected chi connectivity index (χ4v) is 6.66. The van der Waals surface area contributed by atoms with Crippen LogP contribution in [-0.4, -0.2) is 14.2 Å². The molecular formula is C30H43ClO3S. The van der Waals surface area contributed by atoms with Crippen LogP contribution in [0.3, 0.4) is 0 Å². The maximum absolute atomic E-state index is 13.6. The third-order valence-electron chi connectivity index (χ3n) is 6.70. The second-order valence-corrected chi connectivity index (χ2v) is 12.8. The zero-order valence-corrected chi connectivity index (χ0v) is 23.2. The molecule has 0 saturated heterocycles. The van der Waals surface area contributed by atoms with E-state index in [9.17, 15) is 13.2 Å². The Morgan fingerprint density at radius 2 is 1.23 bits per heavy atom. The van der Waals surface area contributed by atoms with Gasteiger partial charge in [-0.15, -0.1) is 0 Å². The zero-order valence-electron chi connectivity index (χ0n) is 21.6. The van der Waals surface area contributed by atoms with Gasteiger partial charge in [-0.3, -0.25) is 4.79 Å². The molecule has 2 aromatic carbocycles. The summed E-state index contributed by atoms with van der Waals surface area (Å²) in [6.45, 7) is 4.15. The second-order valence-electron chi connectivity index (χ2n) is 9.77. The van der Waals surface area contributed by atoms with Crippen LogP contribution in [0.5, 0.6) is 0 Å². The Kier molecular flexibility index (Phi) is 13.1. The van der Waals surface area contributed by atoms with Gasteiger partial charge in [0.2, 0.25) is 9.84 Å². The van der Waals surface area contributed by atoms with Crippen molar-refractivity contribution in [2.45, 2.75) is 113 Å². The number of alkyl halides is 1. The fraction of sp³-hybridized carbons (Fsp3) is 0.567. The summed E-state index contributed by atoms with van der Waals surface area (Å²) >= 11 is 6.87. The summed E-state index contributed by atoms with van der Waals surface area (Å²) in [6.07, 6.45) is 14.8. The van der Waals surface area contributed by atoms with Crippen LogP contribution in [0.15, 0.2) is 59.5 Å². The summed E-state index contributed by atoms with van der Waals surface area (Å²) in [4.78, 5) is 13.0. The zero-order chi connectivity index (χ0) is 25.6. The van der Waals surface area contributed by atoms with Crippen LogP contribution in [0.1, 0.15) is 108 Å². The number of Topliss-reactive ketones (excluding diaryl/α,β-unsaturated/α-hetero) is 1. The van der Waals surface area contributed by atoms with E-state index in [4.69, 9.17) is 11.6 Å². The molecule has 0 spiro atoms. The van der Waals surface area contributed by atoms with Crippen LogP contribution < -0.4 is 0 Å². The monoisotopic (exact) mass is 518 g/mol. The number of ketones is 1. The average molecular weight is 519 g/mol. The van der Waals surface area contributed by atoms with Gasteiger partial charge in [-0.1, -0.05) is 137 Å². The molecule has 2 rings (SSSR count). The molecule has 0 saturated carbocycles. The van der Waals surface area contributed by atoms with Crippen LogP contribution in [0, 0.1) is 6.92 Å². The molecule has 0 aromatic heterocycles. The Morgan fingerprint density at radius 1 is 0.743 bits per heavy atom. The predicted molar refractivity (Wildman–Crippen MR) is 148 cm³/mol. The van der Waals surface area contributed by atoms with Crippen molar-refractivity contribution in [3.8, 4) is 0 Å². The minimum atomic E-state index is -3.98. The van der Waals surface area contributed by atoms with Crippen molar-refractivity contribution < 1.29 is 13.2 Å². The van der Waals surface area contributed by atoms with Gasteiger partial charge >= 0.3 is 0 Å². The predicted octanol–water partition coefficient (Wildman–Crippen LogP) is 8.91. The van der Waals surface area contributed by atoms with E-state index in [0.29, 0.717) is 12.0 Å². The van der Waals surface area contributed by atoms with Crippen molar-refractivity contribution in [1.29, 1.82) is 0 Å². The summed E-state index contributed by atoms with van der Waals surface area (Å²) < 4.78 is 25.4. The summed E-state index contributed by atoms with van der Waals surface area (Å²) in [5.41, 5.74) is 1.40. The molecule has 0 amide bonds. The van der Waals surface area contributed by atoms with Crippen LogP contribution >= 0.6 is 11.6 Å². The molecule has 0 bridgehead atoms. The number of carbonyl (C=O) groups excluding carboxylic acids is 1. The molecule has 0 radical (unpaired) electrons. The van der Waals surface area contributed by atoms with Gasteiger partial charge in [-0.05, 0) is 31.0 Å². The van der Waals surface area contributed by atoms with Gasteiger partial charge in [0.25, 0.3) is 0 Å². The minimum Gasteiger partial charge on any atom is -0.300 e. The number of hydrogen-bond donors (Lipinski definition) is 0. The van der Waals surface area contributed by atoms with Crippen molar-refractivity contribution in [3.63, 3.8) is 0 Å². The number of rotatable bonds is 18. The number of aryl methyl sites for hydroxylation is 1. The van der Waals surface area contributed by atoms with Crippen LogP contribution in [0.25, 0.3) is 0 Å². The van der Waals surface area contributed by atoms with Crippen molar-refractivity contribution in [2.75, 3.05) is 0 Å². The molecule has 1 unspecified atom stereocenters. The minimum absolute atomic E-state index is 0.105. The molecule has 194 valence electrons. The summed E-state index contributed by atoms with van der Waals surface area (Å²) in [6, 6.07) is 15.4. The summed E-state index contributed by atoms with van der Waals surface area (Å²) in [5, 5.41) is 0. The number of halogens is 1. The van der Waals surface area contributed by atoms with Crippen LogP contribution in [-0.2, 0) is 18.8 Å². The summed E-state index contributed by atoms with van der Waals surface area (Å²) in [5.74, 6) is -0.105. The molecule has 3 nitrogen and oxygen atoms in total. The first kappa shape index (κ1) is 29.6. The van der Waals surface area contributed by atoms with E-state index in [2.05, 4.69) is 6.92 Å². The number of benzene rings is 2. The Bertz CT molecular complexity index is 970. The fourth-order valence-electron chi connectivity index (χ4n) is 4.45. The first-order valence-electron chi connectivity index (χ1n) is 13.4. The highest BCUT2D eigenvalue weighted by molar-refractivity contribution is 7.93. The number of carbonyl (C=O) groups is 1. The number of hydrogen-bond acceptors (Lipinski definition) is 3. The van der Waals surface area contributed by atoms with E-state index in [1.165, 1.54) is 57.8 Å². The largest absolute Gasteiger partial charge is 0.300 e. The maximum Gasteiger partial charge on any atom is 0.202 e. The normalized spacial score (nSPS) is 13.5. The van der Waals surface area contributed by atoms with Gasteiger partial charge < -0.3 is 0 Å². The van der Waals surface area contributed by atoms with Crippen LogP contribution in [0.2, 0.25) is 0 Å². The highest BCUT2D eigenvalue weighted by Crippen LogP contribution is 2.43. The van der Waals surface area contributed by atoms with E-state index in [0.717, 1.165) is 24.8 Å². The molecule has 5 heteroatoms. The molecule has 0 aliphatic heterocycles. The smallest absolute Gasteiger partial charge is 0.202 e. The summed E-state index contributed by atoms with van der Waals surface area (Å²) in [7, 11) is -3.98. The lowest BCUT2D eigenvalue weighted by molar-refractivity contribution is -0.119. The highest BCUT2D eigenvalue weighted by Gasteiger charge is 2.46. The third kappa shape index (κ3) is 9.38. The first-order chi connectivity index (χ1) is 16.8. The highest BCUT2D eigenvalue weighted by atomic mass is 35.5. The van der Waals surface area contributed by atoms with Gasteiger partial charge in [0.1, 0.15) is 5.78 Å². The Labute approximate surface area is 218 Å². The molecule has 0 N–H and O–H groups in total. The molecular weight excluding hydrogens is 476 g/mol. The lowest BCUT2D eigenvalue weighted by atomic mass is 10.0. The second kappa shape index (κ2) is 15.5. The number of unbranched alkanes of at least 4 members (excludes halogenated alkanes) is 11. The molecule has 35 heavy (non-hydrogen) atoms. The topological polar surface area (TPSA) is 51.2 Å². The molecule has 1 atom stereocenters. The van der Waals surface area contributed by atoms with Crippen molar-refractivity contribution in [2.24, 2.45) is 0 Å². The van der Waals surface area contributed by atoms with Gasteiger partial charge in [-0.25, -0.2) is 8.42 Å².